The number of para-hydroxylation sites is 2. The zero-order valence-electron chi connectivity index (χ0n) is 30.3. The van der Waals surface area contributed by atoms with Crippen molar-refractivity contribution >= 4 is 35.5 Å². The van der Waals surface area contributed by atoms with Gasteiger partial charge in [0.15, 0.2) is 0 Å². The van der Waals surface area contributed by atoms with Gasteiger partial charge in [-0.1, -0.05) is 132 Å². The van der Waals surface area contributed by atoms with E-state index < -0.39 is 8.07 Å². The highest BCUT2D eigenvalue weighted by atomic mass is 28.3. The molecule has 248 valence electrons. The minimum Gasteiger partial charge on any atom is -0.310 e. The lowest BCUT2D eigenvalue weighted by Gasteiger charge is -2.43. The molecule has 2 bridgehead atoms. The van der Waals surface area contributed by atoms with E-state index in [2.05, 4.69) is 155 Å². The van der Waals surface area contributed by atoms with Gasteiger partial charge in [-0.3, -0.25) is 0 Å². The smallest absolute Gasteiger partial charge is 0.113 e. The van der Waals surface area contributed by atoms with Crippen LogP contribution in [0.15, 0.2) is 109 Å². The van der Waals surface area contributed by atoms with Crippen LogP contribution >= 0.6 is 0 Å². The van der Waals surface area contributed by atoms with Crippen molar-refractivity contribution in [3.8, 4) is 22.3 Å². The van der Waals surface area contributed by atoms with Crippen LogP contribution in [0.4, 0.5) is 17.1 Å². The molecule has 1 heterocycles. The van der Waals surface area contributed by atoms with E-state index in [-0.39, 0.29) is 10.8 Å². The van der Waals surface area contributed by atoms with E-state index in [4.69, 9.17) is 0 Å². The molecule has 1 nitrogen and oxygen atoms in total. The van der Waals surface area contributed by atoms with Crippen molar-refractivity contribution in [2.75, 3.05) is 4.90 Å². The summed E-state index contributed by atoms with van der Waals surface area (Å²) in [6.45, 7) is 14.9. The minimum atomic E-state index is -1.87. The number of fused-ring (bicyclic) bond motifs is 6. The van der Waals surface area contributed by atoms with Crippen LogP contribution in [0.1, 0.15) is 88.8 Å². The van der Waals surface area contributed by atoms with Gasteiger partial charge in [0.2, 0.25) is 0 Å². The Kier molecular flexibility index (Phi) is 7.02. The molecule has 2 fully saturated rings. The minimum absolute atomic E-state index is 0.106. The zero-order valence-corrected chi connectivity index (χ0v) is 31.3. The molecule has 2 saturated carbocycles. The lowest BCUT2D eigenvalue weighted by atomic mass is 9.61. The Labute approximate surface area is 295 Å². The molecular formula is C47H51NSi. The first kappa shape index (κ1) is 31.1. The van der Waals surface area contributed by atoms with Crippen LogP contribution in [0.3, 0.4) is 0 Å². The average Bonchev–Trinajstić information content (AvgIpc) is 3.80. The first-order valence-electron chi connectivity index (χ1n) is 18.9. The molecule has 0 aromatic heterocycles. The Morgan fingerprint density at radius 1 is 0.592 bits per heavy atom. The Balaban J connectivity index is 1.29. The topological polar surface area (TPSA) is 3.24 Å². The first-order chi connectivity index (χ1) is 23.5. The van der Waals surface area contributed by atoms with Crippen molar-refractivity contribution < 1.29 is 0 Å². The van der Waals surface area contributed by atoms with Crippen LogP contribution < -0.4 is 15.3 Å². The summed E-state index contributed by atoms with van der Waals surface area (Å²) in [5, 5.41) is 3.13. The van der Waals surface area contributed by atoms with Crippen LogP contribution in [0.2, 0.25) is 13.1 Å². The molecule has 3 aliphatic carbocycles. The van der Waals surface area contributed by atoms with Gasteiger partial charge >= 0.3 is 0 Å². The maximum atomic E-state index is 2.67. The molecule has 5 aromatic carbocycles. The van der Waals surface area contributed by atoms with Gasteiger partial charge in [0, 0.05) is 16.9 Å². The fourth-order valence-electron chi connectivity index (χ4n) is 10.7. The monoisotopic (exact) mass is 657 g/mol. The lowest BCUT2D eigenvalue weighted by Crippen LogP contribution is -2.49. The van der Waals surface area contributed by atoms with Gasteiger partial charge in [-0.05, 0) is 129 Å². The van der Waals surface area contributed by atoms with E-state index in [1.807, 2.05) is 0 Å². The highest BCUT2D eigenvalue weighted by molar-refractivity contribution is 7.03. The molecule has 0 spiro atoms. The summed E-state index contributed by atoms with van der Waals surface area (Å²) in [4.78, 5) is 2.67. The highest BCUT2D eigenvalue weighted by Crippen LogP contribution is 2.56. The standard InChI is InChI=1S/C47H51NSi/c1-46(2)26-27-47(3,4)45-38(17-13-18-40(45)46)34-14-7-10-19-41(34)48(42-20-11-8-15-35(42)39-29-31-22-23-32(39)28-31)33-24-25-37-36-16-9-12-21-43(36)49(5,6)44(37)30-33/h7-21,24-25,30-32,39H,22-23,26-29H2,1-6H3. The molecule has 9 rings (SSSR count). The van der Waals surface area contributed by atoms with Crippen LogP contribution in [0, 0.1) is 11.8 Å². The SMILES string of the molecule is CC1(C)CCC(C)(C)c2c(-c3ccccc3N(c3ccc4c(c3)[Si](C)(C)c3ccccc3-4)c3ccccc3C3CC4CCC3C4)cccc21. The zero-order chi connectivity index (χ0) is 33.7. The molecule has 4 aliphatic rings. The Morgan fingerprint density at radius 3 is 2.04 bits per heavy atom. The van der Waals surface area contributed by atoms with Crippen LogP contribution in [-0.4, -0.2) is 8.07 Å². The van der Waals surface area contributed by atoms with E-state index in [1.54, 1.807) is 15.9 Å². The van der Waals surface area contributed by atoms with Crippen molar-refractivity contribution in [1.29, 1.82) is 0 Å². The number of rotatable bonds is 5. The third kappa shape index (κ3) is 4.77. The van der Waals surface area contributed by atoms with E-state index in [9.17, 15) is 0 Å². The summed E-state index contributed by atoms with van der Waals surface area (Å²) >= 11 is 0. The van der Waals surface area contributed by atoms with E-state index >= 15 is 0 Å². The number of hydrogen-bond donors (Lipinski definition) is 0. The molecule has 5 aromatic rings. The molecule has 0 saturated heterocycles. The van der Waals surface area contributed by atoms with Crippen LogP contribution in [0.25, 0.3) is 22.3 Å². The summed E-state index contributed by atoms with van der Waals surface area (Å²) in [7, 11) is -1.87. The molecular weight excluding hydrogens is 607 g/mol. The maximum Gasteiger partial charge on any atom is 0.113 e. The largest absolute Gasteiger partial charge is 0.310 e. The molecule has 0 amide bonds. The molecule has 1 aliphatic heterocycles. The third-order valence-electron chi connectivity index (χ3n) is 13.4. The van der Waals surface area contributed by atoms with E-state index in [0.717, 1.165) is 11.8 Å². The predicted molar refractivity (Wildman–Crippen MR) is 212 cm³/mol. The van der Waals surface area contributed by atoms with Crippen molar-refractivity contribution in [1.82, 2.24) is 0 Å². The van der Waals surface area contributed by atoms with Gasteiger partial charge in [-0.2, -0.15) is 0 Å². The summed E-state index contributed by atoms with van der Waals surface area (Å²) < 4.78 is 0. The van der Waals surface area contributed by atoms with E-state index in [0.29, 0.717) is 5.92 Å². The van der Waals surface area contributed by atoms with Gasteiger partial charge < -0.3 is 4.90 Å². The molecule has 3 unspecified atom stereocenters. The van der Waals surface area contributed by atoms with Crippen LogP contribution in [0.5, 0.6) is 0 Å². The third-order valence-corrected chi connectivity index (χ3v) is 17.0. The number of hydrogen-bond acceptors (Lipinski definition) is 1. The normalized spacial score (nSPS) is 23.5. The second-order valence-electron chi connectivity index (χ2n) is 17.6. The van der Waals surface area contributed by atoms with Gasteiger partial charge in [0.05, 0.1) is 5.69 Å². The summed E-state index contributed by atoms with van der Waals surface area (Å²) in [5.41, 5.74) is 14.4. The Morgan fingerprint density at radius 2 is 1.27 bits per heavy atom. The molecule has 0 radical (unpaired) electrons. The van der Waals surface area contributed by atoms with Crippen LogP contribution in [-0.2, 0) is 10.8 Å². The Bertz CT molecular complexity index is 2100. The molecule has 49 heavy (non-hydrogen) atoms. The van der Waals surface area contributed by atoms with Gasteiger partial charge in [0.25, 0.3) is 0 Å². The van der Waals surface area contributed by atoms with Crippen molar-refractivity contribution in [3.63, 3.8) is 0 Å². The maximum absolute atomic E-state index is 2.67. The van der Waals surface area contributed by atoms with Crippen molar-refractivity contribution in [2.45, 2.75) is 96.1 Å². The number of benzene rings is 5. The highest BCUT2D eigenvalue weighted by Gasteiger charge is 2.43. The predicted octanol–water partition coefficient (Wildman–Crippen LogP) is 11.9. The first-order valence-corrected chi connectivity index (χ1v) is 21.9. The molecule has 2 heteroatoms. The summed E-state index contributed by atoms with van der Waals surface area (Å²) in [6, 6.07) is 42.6. The molecule has 0 N–H and O–H groups in total. The van der Waals surface area contributed by atoms with E-state index in [1.165, 1.54) is 89.0 Å². The van der Waals surface area contributed by atoms with Gasteiger partial charge in [-0.25, -0.2) is 0 Å². The van der Waals surface area contributed by atoms with Gasteiger partial charge in [-0.15, -0.1) is 0 Å². The number of anilines is 3. The second kappa shape index (κ2) is 11.1. The summed E-state index contributed by atoms with van der Waals surface area (Å²) in [5.74, 6) is 2.35. The van der Waals surface area contributed by atoms with Crippen molar-refractivity contribution in [3.05, 3.63) is 126 Å². The molecule has 3 atom stereocenters. The fraction of sp³-hybridized carbons (Fsp3) is 0.362. The quantitative estimate of drug-likeness (QED) is 0.170. The fourth-order valence-corrected chi connectivity index (χ4v) is 13.8. The summed E-state index contributed by atoms with van der Waals surface area (Å²) in [6.07, 6.45) is 7.98. The second-order valence-corrected chi connectivity index (χ2v) is 21.9. The Hall–Kier alpha value is -3.88. The number of nitrogens with zero attached hydrogens (tertiary/aromatic N) is 1. The average molecular weight is 658 g/mol. The lowest BCUT2D eigenvalue weighted by molar-refractivity contribution is 0.333. The van der Waals surface area contributed by atoms with Crippen molar-refractivity contribution in [2.24, 2.45) is 11.8 Å². The van der Waals surface area contributed by atoms with Gasteiger partial charge in [0.1, 0.15) is 8.07 Å².